The second kappa shape index (κ2) is 8.80. The molecule has 2 aromatic heterocycles. The molecule has 0 bridgehead atoms. The largest absolute Gasteiger partial charge is 0.482 e. The number of hydrogen-bond acceptors (Lipinski definition) is 5. The van der Waals surface area contributed by atoms with E-state index < -0.39 is 30.4 Å². The first-order chi connectivity index (χ1) is 15.2. The molecule has 4 rings (SSSR count). The molecule has 2 atom stereocenters. The molecule has 170 valence electrons. The molecule has 0 aliphatic carbocycles. The standard InChI is InChI=1S/C21H20Cl2F3N5O/c1-11(18-14(22)2-3-15(24)19(18)23)32-16-6-12(7-29-20(16)27)13-8-30-31(9-13)17-4-5-28-10-21(17,25)26/h2-3,6-9,11,17,28H,4-5,10H2,1H3,(H2,27,29). The minimum atomic E-state index is -2.91. The zero-order chi connectivity index (χ0) is 23.0. The van der Waals surface area contributed by atoms with Crippen molar-refractivity contribution in [1.82, 2.24) is 20.1 Å². The monoisotopic (exact) mass is 485 g/mol. The van der Waals surface area contributed by atoms with Crippen molar-refractivity contribution in [2.24, 2.45) is 0 Å². The molecule has 0 saturated carbocycles. The Bertz CT molecular complexity index is 1140. The van der Waals surface area contributed by atoms with Crippen LogP contribution in [0.3, 0.4) is 0 Å². The Morgan fingerprint density at radius 3 is 2.81 bits per heavy atom. The molecule has 6 nitrogen and oxygen atoms in total. The van der Waals surface area contributed by atoms with Crippen molar-refractivity contribution < 1.29 is 17.9 Å². The topological polar surface area (TPSA) is 78.0 Å². The fourth-order valence-corrected chi connectivity index (χ4v) is 4.36. The van der Waals surface area contributed by atoms with Crippen LogP contribution in [0.15, 0.2) is 36.8 Å². The molecule has 0 amide bonds. The molecule has 1 saturated heterocycles. The Hall–Kier alpha value is -2.49. The van der Waals surface area contributed by atoms with Gasteiger partial charge < -0.3 is 15.8 Å². The summed E-state index contributed by atoms with van der Waals surface area (Å²) in [5.41, 5.74) is 7.38. The second-order valence-corrected chi connectivity index (χ2v) is 8.36. The van der Waals surface area contributed by atoms with Gasteiger partial charge in [0.1, 0.15) is 18.0 Å². The molecule has 1 aliphatic heterocycles. The van der Waals surface area contributed by atoms with Crippen molar-refractivity contribution in [2.75, 3.05) is 18.8 Å². The fourth-order valence-electron chi connectivity index (χ4n) is 3.68. The van der Waals surface area contributed by atoms with Gasteiger partial charge in [-0.25, -0.2) is 18.2 Å². The lowest BCUT2D eigenvalue weighted by molar-refractivity contribution is -0.0697. The van der Waals surface area contributed by atoms with Crippen molar-refractivity contribution in [3.63, 3.8) is 0 Å². The first-order valence-corrected chi connectivity index (χ1v) is 10.6. The van der Waals surface area contributed by atoms with E-state index in [9.17, 15) is 13.2 Å². The number of ether oxygens (including phenoxy) is 1. The Kier molecular flexibility index (Phi) is 6.24. The van der Waals surface area contributed by atoms with Crippen LogP contribution in [0.2, 0.25) is 10.0 Å². The molecule has 11 heteroatoms. The van der Waals surface area contributed by atoms with E-state index in [1.54, 1.807) is 19.2 Å². The summed E-state index contributed by atoms with van der Waals surface area (Å²) in [5.74, 6) is -3.22. The van der Waals surface area contributed by atoms with Crippen LogP contribution in [0, 0.1) is 5.82 Å². The molecule has 1 aliphatic rings. The van der Waals surface area contributed by atoms with Crippen LogP contribution in [0.1, 0.15) is 31.1 Å². The number of nitrogens with one attached hydrogen (secondary N) is 1. The van der Waals surface area contributed by atoms with Crippen molar-refractivity contribution in [2.45, 2.75) is 31.4 Å². The molecule has 1 aromatic carbocycles. The van der Waals surface area contributed by atoms with Gasteiger partial charge in [0.25, 0.3) is 5.92 Å². The number of alkyl halides is 2. The number of pyridine rings is 1. The normalized spacial score (nSPS) is 19.0. The molecule has 3 heterocycles. The summed E-state index contributed by atoms with van der Waals surface area (Å²) in [6.45, 7) is 1.74. The number of nitrogens with two attached hydrogens (primary N) is 1. The molecule has 0 radical (unpaired) electrons. The molecule has 2 unspecified atom stereocenters. The zero-order valence-corrected chi connectivity index (χ0v) is 18.5. The average Bonchev–Trinajstić information content (AvgIpc) is 3.22. The van der Waals surface area contributed by atoms with E-state index in [4.69, 9.17) is 33.7 Å². The van der Waals surface area contributed by atoms with Crippen molar-refractivity contribution >= 4 is 29.0 Å². The highest BCUT2D eigenvalue weighted by Crippen LogP contribution is 2.38. The number of rotatable bonds is 5. The number of nitrogens with zero attached hydrogens (tertiary/aromatic N) is 3. The van der Waals surface area contributed by atoms with Crippen LogP contribution in [0.25, 0.3) is 11.1 Å². The number of anilines is 1. The lowest BCUT2D eigenvalue weighted by Gasteiger charge is -2.31. The summed E-state index contributed by atoms with van der Waals surface area (Å²) >= 11 is 12.2. The number of hydrogen-bond donors (Lipinski definition) is 2. The summed E-state index contributed by atoms with van der Waals surface area (Å²) in [4.78, 5) is 4.13. The highest BCUT2D eigenvalue weighted by molar-refractivity contribution is 6.36. The smallest absolute Gasteiger partial charge is 0.282 e. The maximum absolute atomic E-state index is 14.3. The molecule has 1 fully saturated rings. The van der Waals surface area contributed by atoms with Gasteiger partial charge in [0.15, 0.2) is 11.6 Å². The first-order valence-electron chi connectivity index (χ1n) is 9.86. The minimum Gasteiger partial charge on any atom is -0.482 e. The summed E-state index contributed by atoms with van der Waals surface area (Å²) in [6.07, 6.45) is 4.05. The first kappa shape index (κ1) is 22.7. The third-order valence-electron chi connectivity index (χ3n) is 5.37. The number of aromatic nitrogens is 3. The lowest BCUT2D eigenvalue weighted by Crippen LogP contribution is -2.47. The predicted octanol–water partition coefficient (Wildman–Crippen LogP) is 5.28. The summed E-state index contributed by atoms with van der Waals surface area (Å²) < 4.78 is 49.6. The molecular formula is C21H20Cl2F3N5O. The Morgan fingerprint density at radius 2 is 2.06 bits per heavy atom. The van der Waals surface area contributed by atoms with Crippen LogP contribution >= 0.6 is 23.2 Å². The molecule has 3 N–H and O–H groups in total. The third-order valence-corrected chi connectivity index (χ3v) is 6.08. The van der Waals surface area contributed by atoms with Crippen LogP contribution in [0.5, 0.6) is 5.75 Å². The van der Waals surface area contributed by atoms with Crippen molar-refractivity contribution in [1.29, 1.82) is 0 Å². The van der Waals surface area contributed by atoms with E-state index in [1.807, 2.05) is 0 Å². The Morgan fingerprint density at radius 1 is 1.28 bits per heavy atom. The lowest BCUT2D eigenvalue weighted by atomic mass is 10.0. The summed E-state index contributed by atoms with van der Waals surface area (Å²) in [5, 5.41) is 6.94. The Labute approximate surface area is 192 Å². The van der Waals surface area contributed by atoms with Gasteiger partial charge >= 0.3 is 0 Å². The van der Waals surface area contributed by atoms with E-state index in [2.05, 4.69) is 15.4 Å². The van der Waals surface area contributed by atoms with Crippen LogP contribution in [-0.4, -0.2) is 33.8 Å². The number of benzene rings is 1. The van der Waals surface area contributed by atoms with E-state index in [1.165, 1.54) is 29.2 Å². The van der Waals surface area contributed by atoms with Gasteiger partial charge in [0, 0.05) is 34.1 Å². The summed E-state index contributed by atoms with van der Waals surface area (Å²) in [6, 6.07) is 3.14. The van der Waals surface area contributed by atoms with Crippen LogP contribution in [-0.2, 0) is 0 Å². The summed E-state index contributed by atoms with van der Waals surface area (Å²) in [7, 11) is 0. The maximum atomic E-state index is 14.3. The van der Waals surface area contributed by atoms with E-state index in [-0.39, 0.29) is 33.6 Å². The number of halogens is 5. The van der Waals surface area contributed by atoms with Crippen LogP contribution in [0.4, 0.5) is 19.0 Å². The van der Waals surface area contributed by atoms with Gasteiger partial charge in [-0.3, -0.25) is 4.68 Å². The van der Waals surface area contributed by atoms with E-state index in [0.29, 0.717) is 17.7 Å². The molecule has 3 aromatic rings. The van der Waals surface area contributed by atoms with E-state index in [0.717, 1.165) is 0 Å². The quantitative estimate of drug-likeness (QED) is 0.480. The van der Waals surface area contributed by atoms with E-state index >= 15 is 0 Å². The highest BCUT2D eigenvalue weighted by atomic mass is 35.5. The number of piperidine rings is 1. The molecule has 32 heavy (non-hydrogen) atoms. The maximum Gasteiger partial charge on any atom is 0.282 e. The molecular weight excluding hydrogens is 466 g/mol. The molecule has 0 spiro atoms. The Balaban J connectivity index is 1.60. The minimum absolute atomic E-state index is 0.0986. The second-order valence-electron chi connectivity index (χ2n) is 7.58. The van der Waals surface area contributed by atoms with Gasteiger partial charge in [0.2, 0.25) is 0 Å². The fraction of sp³-hybridized carbons (Fsp3) is 0.333. The van der Waals surface area contributed by atoms with Crippen molar-refractivity contribution in [3.8, 4) is 16.9 Å². The average molecular weight is 486 g/mol. The van der Waals surface area contributed by atoms with Gasteiger partial charge in [-0.1, -0.05) is 23.2 Å². The van der Waals surface area contributed by atoms with Gasteiger partial charge in [-0.2, -0.15) is 5.10 Å². The van der Waals surface area contributed by atoms with Gasteiger partial charge in [0.05, 0.1) is 17.8 Å². The van der Waals surface area contributed by atoms with Crippen LogP contribution < -0.4 is 15.8 Å². The van der Waals surface area contributed by atoms with Gasteiger partial charge in [-0.15, -0.1) is 0 Å². The zero-order valence-electron chi connectivity index (χ0n) is 17.0. The van der Waals surface area contributed by atoms with Crippen molar-refractivity contribution in [3.05, 3.63) is 58.2 Å². The predicted molar refractivity (Wildman–Crippen MR) is 117 cm³/mol. The third kappa shape index (κ3) is 4.37. The SMILES string of the molecule is CC(Oc1cc(-c2cnn(C3CCNCC3(F)F)c2)cnc1N)c1c(Cl)ccc(F)c1Cl. The van der Waals surface area contributed by atoms with Gasteiger partial charge in [-0.05, 0) is 38.1 Å². The highest BCUT2D eigenvalue weighted by Gasteiger charge is 2.43. The number of nitrogen functional groups attached to an aromatic ring is 1.